The predicted molar refractivity (Wildman–Crippen MR) is 47.8 cm³/mol. The second-order valence-electron chi connectivity index (χ2n) is 3.31. The summed E-state index contributed by atoms with van der Waals surface area (Å²) in [4.78, 5) is 11.1. The molecular weight excluding hydrogens is 152 g/mol. The van der Waals surface area contributed by atoms with Gasteiger partial charge in [-0.15, -0.1) is 0 Å². The Labute approximate surface area is 73.3 Å². The first kappa shape index (κ1) is 9.46. The molecule has 0 aromatic rings. The summed E-state index contributed by atoms with van der Waals surface area (Å²) in [7, 11) is 0. The molecule has 1 aliphatic carbocycles. The van der Waals surface area contributed by atoms with Gasteiger partial charge in [-0.25, -0.2) is 0 Å². The Balaban J connectivity index is 2.04. The highest BCUT2D eigenvalue weighted by Gasteiger charge is 2.18. The fourth-order valence-electron chi connectivity index (χ4n) is 1.54. The van der Waals surface area contributed by atoms with Gasteiger partial charge < -0.3 is 5.11 Å². The first-order valence-electron chi connectivity index (χ1n) is 4.66. The van der Waals surface area contributed by atoms with Crippen LogP contribution in [0.4, 0.5) is 0 Å². The summed E-state index contributed by atoms with van der Waals surface area (Å²) in [6.07, 6.45) is 8.55. The molecule has 1 unspecified atom stereocenters. The van der Waals surface area contributed by atoms with Crippen LogP contribution in [0.2, 0.25) is 0 Å². The van der Waals surface area contributed by atoms with Crippen molar-refractivity contribution in [3.8, 4) is 0 Å². The fourth-order valence-corrected chi connectivity index (χ4v) is 1.54. The summed E-state index contributed by atoms with van der Waals surface area (Å²) in [6.45, 7) is 0.275. The van der Waals surface area contributed by atoms with Crippen molar-refractivity contribution in [2.24, 2.45) is 5.92 Å². The Bertz CT molecular complexity index is 173. The van der Waals surface area contributed by atoms with Crippen molar-refractivity contribution >= 4 is 5.78 Å². The second-order valence-corrected chi connectivity index (χ2v) is 3.31. The molecule has 0 bridgehead atoms. The summed E-state index contributed by atoms with van der Waals surface area (Å²) in [5, 5.41) is 8.53. The number of aliphatic hydroxyl groups is 1. The van der Waals surface area contributed by atoms with E-state index < -0.39 is 0 Å². The standard InChI is InChI=1S/C10H16O2/c11-8-3-1-2-5-9-6-4-7-10(9)12/h4,7,9,11H,1-3,5-6,8H2. The molecule has 0 aromatic heterocycles. The lowest BCUT2D eigenvalue weighted by Crippen LogP contribution is -2.06. The maximum Gasteiger partial charge on any atom is 0.158 e. The Morgan fingerprint density at radius 1 is 1.42 bits per heavy atom. The largest absolute Gasteiger partial charge is 0.396 e. The molecule has 0 aliphatic heterocycles. The number of rotatable bonds is 5. The lowest BCUT2D eigenvalue weighted by atomic mass is 9.98. The molecule has 0 amide bonds. The van der Waals surface area contributed by atoms with E-state index in [1.54, 1.807) is 6.08 Å². The lowest BCUT2D eigenvalue weighted by Gasteiger charge is -2.06. The molecule has 0 aromatic carbocycles. The Kier molecular flexibility index (Phi) is 4.01. The van der Waals surface area contributed by atoms with E-state index in [-0.39, 0.29) is 12.5 Å². The van der Waals surface area contributed by atoms with Crippen molar-refractivity contribution in [2.45, 2.75) is 32.1 Å². The highest BCUT2D eigenvalue weighted by Crippen LogP contribution is 2.20. The summed E-state index contributed by atoms with van der Waals surface area (Å²) in [6, 6.07) is 0. The summed E-state index contributed by atoms with van der Waals surface area (Å²) in [5.41, 5.74) is 0. The van der Waals surface area contributed by atoms with Crippen LogP contribution in [-0.4, -0.2) is 17.5 Å². The van der Waals surface area contributed by atoms with Crippen LogP contribution in [0.5, 0.6) is 0 Å². The minimum atomic E-state index is 0.253. The van der Waals surface area contributed by atoms with E-state index in [0.717, 1.165) is 32.1 Å². The molecule has 0 saturated heterocycles. The van der Waals surface area contributed by atoms with Gasteiger partial charge in [0.05, 0.1) is 0 Å². The molecule has 2 nitrogen and oxygen atoms in total. The first-order valence-corrected chi connectivity index (χ1v) is 4.66. The highest BCUT2D eigenvalue weighted by atomic mass is 16.2. The van der Waals surface area contributed by atoms with Crippen LogP contribution in [0.25, 0.3) is 0 Å². The Morgan fingerprint density at radius 3 is 2.83 bits per heavy atom. The van der Waals surface area contributed by atoms with Gasteiger partial charge in [0.25, 0.3) is 0 Å². The molecule has 1 aliphatic rings. The molecule has 68 valence electrons. The Hall–Kier alpha value is -0.630. The average Bonchev–Trinajstić information content (AvgIpc) is 2.46. The SMILES string of the molecule is O=C1C=CCC1CCCCCO. The van der Waals surface area contributed by atoms with Crippen molar-refractivity contribution < 1.29 is 9.90 Å². The van der Waals surface area contributed by atoms with E-state index in [4.69, 9.17) is 5.11 Å². The maximum absolute atomic E-state index is 11.1. The highest BCUT2D eigenvalue weighted by molar-refractivity contribution is 5.93. The van der Waals surface area contributed by atoms with E-state index in [1.807, 2.05) is 6.08 Å². The fraction of sp³-hybridized carbons (Fsp3) is 0.700. The molecule has 12 heavy (non-hydrogen) atoms. The lowest BCUT2D eigenvalue weighted by molar-refractivity contribution is -0.117. The molecule has 0 fully saturated rings. The maximum atomic E-state index is 11.1. The van der Waals surface area contributed by atoms with E-state index in [2.05, 4.69) is 0 Å². The number of unbranched alkanes of at least 4 members (excludes halogenated alkanes) is 2. The number of hydrogen-bond donors (Lipinski definition) is 1. The number of carbonyl (C=O) groups excluding carboxylic acids is 1. The molecule has 1 atom stereocenters. The van der Waals surface area contributed by atoms with Gasteiger partial charge in [-0.1, -0.05) is 18.9 Å². The average molecular weight is 168 g/mol. The van der Waals surface area contributed by atoms with Crippen LogP contribution in [0, 0.1) is 5.92 Å². The summed E-state index contributed by atoms with van der Waals surface area (Å²) >= 11 is 0. The van der Waals surface area contributed by atoms with E-state index in [9.17, 15) is 4.79 Å². The van der Waals surface area contributed by atoms with Gasteiger partial charge in [-0.05, 0) is 25.3 Å². The zero-order chi connectivity index (χ0) is 8.81. The quantitative estimate of drug-likeness (QED) is 0.634. The van der Waals surface area contributed by atoms with Crippen LogP contribution in [0.3, 0.4) is 0 Å². The molecule has 0 spiro atoms. The zero-order valence-electron chi connectivity index (χ0n) is 7.33. The number of carbonyl (C=O) groups is 1. The Morgan fingerprint density at radius 2 is 2.25 bits per heavy atom. The van der Waals surface area contributed by atoms with Gasteiger partial charge in [0, 0.05) is 12.5 Å². The van der Waals surface area contributed by atoms with Crippen molar-refractivity contribution in [1.29, 1.82) is 0 Å². The van der Waals surface area contributed by atoms with Gasteiger partial charge in [0.15, 0.2) is 5.78 Å². The second kappa shape index (κ2) is 5.09. The molecular formula is C10H16O2. The van der Waals surface area contributed by atoms with E-state index in [1.165, 1.54) is 0 Å². The van der Waals surface area contributed by atoms with Crippen LogP contribution < -0.4 is 0 Å². The smallest absolute Gasteiger partial charge is 0.158 e. The normalized spacial score (nSPS) is 22.1. The number of ketones is 1. The number of allylic oxidation sites excluding steroid dienone is 2. The van der Waals surface area contributed by atoms with Crippen molar-refractivity contribution in [1.82, 2.24) is 0 Å². The minimum absolute atomic E-state index is 0.253. The summed E-state index contributed by atoms with van der Waals surface area (Å²) < 4.78 is 0. The van der Waals surface area contributed by atoms with Gasteiger partial charge in [0.1, 0.15) is 0 Å². The first-order chi connectivity index (χ1) is 5.84. The molecule has 0 radical (unpaired) electrons. The van der Waals surface area contributed by atoms with Gasteiger partial charge in [0.2, 0.25) is 0 Å². The molecule has 2 heteroatoms. The van der Waals surface area contributed by atoms with Crippen LogP contribution in [-0.2, 0) is 4.79 Å². The third-order valence-electron chi connectivity index (χ3n) is 2.32. The predicted octanol–water partition coefficient (Wildman–Crippen LogP) is 1.68. The molecule has 0 heterocycles. The summed E-state index contributed by atoms with van der Waals surface area (Å²) in [5.74, 6) is 0.544. The van der Waals surface area contributed by atoms with Crippen LogP contribution >= 0.6 is 0 Å². The van der Waals surface area contributed by atoms with Crippen LogP contribution in [0.15, 0.2) is 12.2 Å². The van der Waals surface area contributed by atoms with Crippen molar-refractivity contribution in [3.05, 3.63) is 12.2 Å². The van der Waals surface area contributed by atoms with Crippen molar-refractivity contribution in [2.75, 3.05) is 6.61 Å². The number of aliphatic hydroxyl groups excluding tert-OH is 1. The topological polar surface area (TPSA) is 37.3 Å². The van der Waals surface area contributed by atoms with E-state index >= 15 is 0 Å². The third-order valence-corrected chi connectivity index (χ3v) is 2.32. The van der Waals surface area contributed by atoms with E-state index in [0.29, 0.717) is 5.78 Å². The minimum Gasteiger partial charge on any atom is -0.396 e. The number of hydrogen-bond acceptors (Lipinski definition) is 2. The van der Waals surface area contributed by atoms with Crippen LogP contribution in [0.1, 0.15) is 32.1 Å². The van der Waals surface area contributed by atoms with Gasteiger partial charge >= 0.3 is 0 Å². The van der Waals surface area contributed by atoms with Gasteiger partial charge in [-0.2, -0.15) is 0 Å². The molecule has 1 N–H and O–H groups in total. The molecule has 1 rings (SSSR count). The van der Waals surface area contributed by atoms with Crippen molar-refractivity contribution in [3.63, 3.8) is 0 Å². The monoisotopic (exact) mass is 168 g/mol. The molecule has 0 saturated carbocycles. The zero-order valence-corrected chi connectivity index (χ0v) is 7.33. The van der Waals surface area contributed by atoms with Gasteiger partial charge in [-0.3, -0.25) is 4.79 Å². The third kappa shape index (κ3) is 2.78.